The molecule has 0 N–H and O–H groups in total. The molecule has 0 bridgehead atoms. The number of para-hydroxylation sites is 1. The fourth-order valence-electron chi connectivity index (χ4n) is 6.34. The lowest BCUT2D eigenvalue weighted by molar-refractivity contribution is 0.473. The van der Waals surface area contributed by atoms with Gasteiger partial charge in [0.05, 0.1) is 0 Å². The molecule has 0 saturated carbocycles. The zero-order valence-electron chi connectivity index (χ0n) is 28.8. The molecule has 1 heteroatoms. The SMILES string of the molecule is CCCCCCCCCCCCCCCc1ccc(Oc2ccccc2CCCCCCCCCCCCCCC)cc1. The van der Waals surface area contributed by atoms with Crippen molar-refractivity contribution in [3.05, 3.63) is 59.7 Å². The number of hydrogen-bond acceptors (Lipinski definition) is 1. The van der Waals surface area contributed by atoms with Crippen LogP contribution in [-0.2, 0) is 12.8 Å². The number of ether oxygens (including phenoxy) is 1. The van der Waals surface area contributed by atoms with Crippen LogP contribution < -0.4 is 4.74 Å². The fraction of sp³-hybridized carbons (Fsp3) is 0.714. The van der Waals surface area contributed by atoms with E-state index in [2.05, 4.69) is 62.4 Å². The van der Waals surface area contributed by atoms with E-state index in [1.165, 1.54) is 184 Å². The summed E-state index contributed by atoms with van der Waals surface area (Å²) >= 11 is 0. The maximum atomic E-state index is 6.35. The van der Waals surface area contributed by atoms with Gasteiger partial charge in [-0.2, -0.15) is 0 Å². The van der Waals surface area contributed by atoms with Gasteiger partial charge < -0.3 is 4.74 Å². The Kier molecular flexibility index (Phi) is 24.2. The molecule has 2 aromatic carbocycles. The Labute approximate surface area is 269 Å². The smallest absolute Gasteiger partial charge is 0.130 e. The largest absolute Gasteiger partial charge is 0.457 e. The van der Waals surface area contributed by atoms with Crippen LogP contribution in [0.1, 0.15) is 192 Å². The van der Waals surface area contributed by atoms with Gasteiger partial charge in [-0.15, -0.1) is 0 Å². The molecule has 0 amide bonds. The van der Waals surface area contributed by atoms with Gasteiger partial charge in [-0.25, -0.2) is 0 Å². The minimum absolute atomic E-state index is 0.965. The fourth-order valence-corrected chi connectivity index (χ4v) is 6.34. The molecule has 0 spiro atoms. The van der Waals surface area contributed by atoms with Gasteiger partial charge in [0.1, 0.15) is 11.5 Å². The minimum atomic E-state index is 0.965. The van der Waals surface area contributed by atoms with Crippen molar-refractivity contribution in [2.24, 2.45) is 0 Å². The molecule has 0 aliphatic rings. The minimum Gasteiger partial charge on any atom is -0.457 e. The highest BCUT2D eigenvalue weighted by atomic mass is 16.5. The van der Waals surface area contributed by atoms with Crippen LogP contribution in [0.25, 0.3) is 0 Å². The van der Waals surface area contributed by atoms with Gasteiger partial charge in [-0.3, -0.25) is 0 Å². The van der Waals surface area contributed by atoms with Crippen molar-refractivity contribution in [2.45, 2.75) is 194 Å². The quantitative estimate of drug-likeness (QED) is 0.0822. The van der Waals surface area contributed by atoms with Gasteiger partial charge in [0.25, 0.3) is 0 Å². The Morgan fingerprint density at radius 2 is 0.744 bits per heavy atom. The standard InChI is InChI=1S/C42H70O/c1-3-5-7-9-11-13-15-17-19-21-23-25-27-31-39-35-37-41(38-36-39)43-42-34-30-29-33-40(42)32-28-26-24-22-20-18-16-14-12-10-8-6-4-2/h29-30,33-38H,3-28,31-32H2,1-2H3. The van der Waals surface area contributed by atoms with Crippen molar-refractivity contribution in [3.8, 4) is 11.5 Å². The molecule has 2 aromatic rings. The molecule has 43 heavy (non-hydrogen) atoms. The number of hydrogen-bond donors (Lipinski definition) is 0. The van der Waals surface area contributed by atoms with Crippen molar-refractivity contribution >= 4 is 0 Å². The second-order valence-electron chi connectivity index (χ2n) is 13.3. The first-order chi connectivity index (χ1) is 21.3. The van der Waals surface area contributed by atoms with Gasteiger partial charge >= 0.3 is 0 Å². The lowest BCUT2D eigenvalue weighted by Gasteiger charge is -2.12. The molecule has 0 saturated heterocycles. The average molecular weight is 591 g/mol. The summed E-state index contributed by atoms with van der Waals surface area (Å²) in [4.78, 5) is 0. The second-order valence-corrected chi connectivity index (χ2v) is 13.3. The Hall–Kier alpha value is -1.76. The molecule has 0 radical (unpaired) electrons. The summed E-state index contributed by atoms with van der Waals surface area (Å²) in [5, 5.41) is 0. The van der Waals surface area contributed by atoms with Gasteiger partial charge in [-0.05, 0) is 55.0 Å². The predicted octanol–water partition coefficient (Wildman–Crippen LogP) is 14.7. The van der Waals surface area contributed by atoms with Crippen LogP contribution in [0.5, 0.6) is 11.5 Å². The Bertz CT molecular complexity index is 853. The summed E-state index contributed by atoms with van der Waals surface area (Å²) in [6, 6.07) is 17.5. The number of rotatable bonds is 30. The molecule has 0 fully saturated rings. The molecular formula is C42H70O. The van der Waals surface area contributed by atoms with Crippen LogP contribution >= 0.6 is 0 Å². The third-order valence-corrected chi connectivity index (χ3v) is 9.24. The van der Waals surface area contributed by atoms with E-state index >= 15 is 0 Å². The third kappa shape index (κ3) is 20.8. The van der Waals surface area contributed by atoms with Crippen LogP contribution in [0.4, 0.5) is 0 Å². The molecule has 0 aromatic heterocycles. The van der Waals surface area contributed by atoms with Crippen LogP contribution in [-0.4, -0.2) is 0 Å². The van der Waals surface area contributed by atoms with E-state index < -0.39 is 0 Å². The van der Waals surface area contributed by atoms with Crippen molar-refractivity contribution < 1.29 is 4.74 Å². The van der Waals surface area contributed by atoms with Crippen molar-refractivity contribution in [1.82, 2.24) is 0 Å². The van der Waals surface area contributed by atoms with E-state index in [9.17, 15) is 0 Å². The Balaban J connectivity index is 1.50. The summed E-state index contributed by atoms with van der Waals surface area (Å²) in [6.07, 6.45) is 38.9. The first-order valence-electron chi connectivity index (χ1n) is 19.2. The van der Waals surface area contributed by atoms with E-state index in [4.69, 9.17) is 4.74 Å². The molecule has 1 nitrogen and oxygen atoms in total. The molecule has 0 aliphatic heterocycles. The zero-order valence-corrected chi connectivity index (χ0v) is 28.8. The van der Waals surface area contributed by atoms with Gasteiger partial charge in [-0.1, -0.05) is 198 Å². The lowest BCUT2D eigenvalue weighted by Crippen LogP contribution is -1.93. The van der Waals surface area contributed by atoms with E-state index in [1.807, 2.05) is 0 Å². The molecule has 0 heterocycles. The first kappa shape index (κ1) is 37.4. The van der Waals surface area contributed by atoms with Crippen LogP contribution in [0.2, 0.25) is 0 Å². The van der Waals surface area contributed by atoms with E-state index in [1.54, 1.807) is 0 Å². The summed E-state index contributed by atoms with van der Waals surface area (Å²) in [5.41, 5.74) is 2.79. The second kappa shape index (κ2) is 27.8. The molecule has 244 valence electrons. The maximum absolute atomic E-state index is 6.35. The van der Waals surface area contributed by atoms with Crippen molar-refractivity contribution in [2.75, 3.05) is 0 Å². The highest BCUT2D eigenvalue weighted by molar-refractivity contribution is 5.38. The zero-order chi connectivity index (χ0) is 30.5. The third-order valence-electron chi connectivity index (χ3n) is 9.24. The van der Waals surface area contributed by atoms with Crippen molar-refractivity contribution in [1.29, 1.82) is 0 Å². The van der Waals surface area contributed by atoms with Crippen LogP contribution in [0.3, 0.4) is 0 Å². The predicted molar refractivity (Wildman–Crippen MR) is 192 cm³/mol. The van der Waals surface area contributed by atoms with E-state index in [0.717, 1.165) is 17.9 Å². The van der Waals surface area contributed by atoms with Gasteiger partial charge in [0.15, 0.2) is 0 Å². The lowest BCUT2D eigenvalue weighted by atomic mass is 10.0. The summed E-state index contributed by atoms with van der Waals surface area (Å²) in [6.45, 7) is 4.60. The summed E-state index contributed by atoms with van der Waals surface area (Å²) in [7, 11) is 0. The first-order valence-corrected chi connectivity index (χ1v) is 19.2. The highest BCUT2D eigenvalue weighted by Gasteiger charge is 2.05. The molecule has 0 unspecified atom stereocenters. The van der Waals surface area contributed by atoms with Crippen LogP contribution in [0, 0.1) is 0 Å². The normalized spacial score (nSPS) is 11.3. The van der Waals surface area contributed by atoms with Gasteiger partial charge in [0, 0.05) is 0 Å². The number of benzene rings is 2. The summed E-state index contributed by atoms with van der Waals surface area (Å²) in [5.74, 6) is 2.00. The van der Waals surface area contributed by atoms with E-state index in [0.29, 0.717) is 0 Å². The monoisotopic (exact) mass is 591 g/mol. The molecule has 0 aliphatic carbocycles. The van der Waals surface area contributed by atoms with Crippen LogP contribution in [0.15, 0.2) is 48.5 Å². The summed E-state index contributed by atoms with van der Waals surface area (Å²) < 4.78 is 6.35. The topological polar surface area (TPSA) is 9.23 Å². The highest BCUT2D eigenvalue weighted by Crippen LogP contribution is 2.27. The Morgan fingerprint density at radius 3 is 1.19 bits per heavy atom. The van der Waals surface area contributed by atoms with Crippen molar-refractivity contribution in [3.63, 3.8) is 0 Å². The number of aryl methyl sites for hydroxylation is 2. The maximum Gasteiger partial charge on any atom is 0.130 e. The molecule has 0 atom stereocenters. The number of unbranched alkanes of at least 4 members (excludes halogenated alkanes) is 24. The van der Waals surface area contributed by atoms with Gasteiger partial charge in [0.2, 0.25) is 0 Å². The molecule has 2 rings (SSSR count). The van der Waals surface area contributed by atoms with E-state index in [-0.39, 0.29) is 0 Å². The molecular weight excluding hydrogens is 520 g/mol. The average Bonchev–Trinajstić information content (AvgIpc) is 3.03. The Morgan fingerprint density at radius 1 is 0.372 bits per heavy atom.